The molecular formula is C12H16BrClN2OS. The molecule has 0 spiro atoms. The van der Waals surface area contributed by atoms with Gasteiger partial charge in [-0.05, 0) is 24.6 Å². The molecule has 0 radical (unpaired) electrons. The van der Waals surface area contributed by atoms with Gasteiger partial charge in [-0.3, -0.25) is 10.1 Å². The van der Waals surface area contributed by atoms with Crippen molar-refractivity contribution < 1.29 is 4.79 Å². The Morgan fingerprint density at radius 2 is 2.17 bits per heavy atom. The highest BCUT2D eigenvalue weighted by Crippen LogP contribution is 2.17. The standard InChI is InChI=1S/C12H15BrN2OS.ClH/c1-8(9-2-4-10(13)5-3-9)15-12(16)11-6-17-7-14-11;/h2-5,8,11,14H,6-7H2,1H3,(H,15,16);1H. The Kier molecular flexibility index (Phi) is 6.49. The maximum atomic E-state index is 11.9. The second-order valence-electron chi connectivity index (χ2n) is 4.05. The van der Waals surface area contributed by atoms with Gasteiger partial charge in [0.1, 0.15) is 0 Å². The fraction of sp³-hybridized carbons (Fsp3) is 0.417. The normalized spacial score (nSPS) is 20.0. The van der Waals surface area contributed by atoms with Crippen molar-refractivity contribution in [1.82, 2.24) is 10.6 Å². The smallest absolute Gasteiger partial charge is 0.238 e. The quantitative estimate of drug-likeness (QED) is 0.880. The van der Waals surface area contributed by atoms with Crippen LogP contribution in [0.5, 0.6) is 0 Å². The van der Waals surface area contributed by atoms with E-state index >= 15 is 0 Å². The summed E-state index contributed by atoms with van der Waals surface area (Å²) in [6.07, 6.45) is 0. The molecule has 1 aliphatic rings. The van der Waals surface area contributed by atoms with Gasteiger partial charge in [0.05, 0.1) is 12.1 Å². The Morgan fingerprint density at radius 3 is 2.72 bits per heavy atom. The van der Waals surface area contributed by atoms with Gasteiger partial charge in [-0.1, -0.05) is 28.1 Å². The number of benzene rings is 1. The number of rotatable bonds is 3. The van der Waals surface area contributed by atoms with Crippen molar-refractivity contribution in [2.24, 2.45) is 0 Å². The molecule has 0 aliphatic carbocycles. The van der Waals surface area contributed by atoms with Gasteiger partial charge >= 0.3 is 0 Å². The molecule has 1 aromatic carbocycles. The van der Waals surface area contributed by atoms with Crippen LogP contribution in [-0.4, -0.2) is 23.6 Å². The Labute approximate surface area is 126 Å². The Balaban J connectivity index is 0.00000162. The summed E-state index contributed by atoms with van der Waals surface area (Å²) in [5.41, 5.74) is 1.12. The summed E-state index contributed by atoms with van der Waals surface area (Å²) in [6.45, 7) is 2.00. The summed E-state index contributed by atoms with van der Waals surface area (Å²) < 4.78 is 1.05. The number of halogens is 2. The molecule has 1 aromatic rings. The summed E-state index contributed by atoms with van der Waals surface area (Å²) in [7, 11) is 0. The fourth-order valence-electron chi connectivity index (χ4n) is 1.71. The highest BCUT2D eigenvalue weighted by Gasteiger charge is 2.23. The summed E-state index contributed by atoms with van der Waals surface area (Å²) in [6, 6.07) is 8.02. The lowest BCUT2D eigenvalue weighted by molar-refractivity contribution is -0.123. The molecular weight excluding hydrogens is 336 g/mol. The molecule has 0 saturated carbocycles. The molecule has 3 nitrogen and oxygen atoms in total. The van der Waals surface area contributed by atoms with E-state index in [2.05, 4.69) is 26.6 Å². The van der Waals surface area contributed by atoms with Crippen LogP contribution in [0.15, 0.2) is 28.7 Å². The zero-order chi connectivity index (χ0) is 12.3. The lowest BCUT2D eigenvalue weighted by Gasteiger charge is -2.17. The van der Waals surface area contributed by atoms with Crippen LogP contribution in [0.3, 0.4) is 0 Å². The van der Waals surface area contributed by atoms with E-state index < -0.39 is 0 Å². The summed E-state index contributed by atoms with van der Waals surface area (Å²) in [5.74, 6) is 1.81. The summed E-state index contributed by atoms with van der Waals surface area (Å²) in [5, 5.41) is 6.19. The van der Waals surface area contributed by atoms with Crippen LogP contribution in [0.1, 0.15) is 18.5 Å². The fourth-order valence-corrected chi connectivity index (χ4v) is 2.92. The van der Waals surface area contributed by atoms with Crippen molar-refractivity contribution in [1.29, 1.82) is 0 Å². The van der Waals surface area contributed by atoms with Crippen molar-refractivity contribution in [3.8, 4) is 0 Å². The summed E-state index contributed by atoms with van der Waals surface area (Å²) >= 11 is 5.16. The summed E-state index contributed by atoms with van der Waals surface area (Å²) in [4.78, 5) is 11.9. The third-order valence-corrected chi connectivity index (χ3v) is 4.23. The Bertz CT molecular complexity index is 396. The number of hydrogen-bond acceptors (Lipinski definition) is 3. The minimum Gasteiger partial charge on any atom is -0.348 e. The molecule has 0 bridgehead atoms. The minimum absolute atomic E-state index is 0. The van der Waals surface area contributed by atoms with E-state index in [4.69, 9.17) is 0 Å². The molecule has 6 heteroatoms. The van der Waals surface area contributed by atoms with Gasteiger partial charge < -0.3 is 5.32 Å². The van der Waals surface area contributed by atoms with Gasteiger partial charge in [0.25, 0.3) is 0 Å². The van der Waals surface area contributed by atoms with Crippen LogP contribution in [0.4, 0.5) is 0 Å². The molecule has 0 aromatic heterocycles. The first-order valence-electron chi connectivity index (χ1n) is 5.54. The molecule has 100 valence electrons. The zero-order valence-electron chi connectivity index (χ0n) is 9.98. The van der Waals surface area contributed by atoms with Crippen LogP contribution in [0.2, 0.25) is 0 Å². The van der Waals surface area contributed by atoms with Gasteiger partial charge in [-0.25, -0.2) is 0 Å². The number of carbonyl (C=O) groups is 1. The molecule has 1 saturated heterocycles. The van der Waals surface area contributed by atoms with Gasteiger partial charge in [0, 0.05) is 16.1 Å². The van der Waals surface area contributed by atoms with E-state index in [9.17, 15) is 4.79 Å². The van der Waals surface area contributed by atoms with E-state index in [1.807, 2.05) is 31.2 Å². The topological polar surface area (TPSA) is 41.1 Å². The van der Waals surface area contributed by atoms with Crippen LogP contribution < -0.4 is 10.6 Å². The van der Waals surface area contributed by atoms with Crippen LogP contribution >= 0.6 is 40.1 Å². The predicted molar refractivity (Wildman–Crippen MR) is 82.2 cm³/mol. The Morgan fingerprint density at radius 1 is 1.50 bits per heavy atom. The van der Waals surface area contributed by atoms with Crippen molar-refractivity contribution >= 4 is 46.0 Å². The van der Waals surface area contributed by atoms with E-state index in [0.29, 0.717) is 0 Å². The molecule has 1 aliphatic heterocycles. The monoisotopic (exact) mass is 350 g/mol. The van der Waals surface area contributed by atoms with E-state index in [0.717, 1.165) is 21.7 Å². The second-order valence-corrected chi connectivity index (χ2v) is 6.00. The highest BCUT2D eigenvalue weighted by atomic mass is 79.9. The number of nitrogens with one attached hydrogen (secondary N) is 2. The maximum Gasteiger partial charge on any atom is 0.238 e. The predicted octanol–water partition coefficient (Wildman–Crippen LogP) is 2.71. The lowest BCUT2D eigenvalue weighted by Crippen LogP contribution is -2.42. The van der Waals surface area contributed by atoms with E-state index in [1.54, 1.807) is 11.8 Å². The first-order valence-corrected chi connectivity index (χ1v) is 7.48. The van der Waals surface area contributed by atoms with E-state index in [-0.39, 0.29) is 30.4 Å². The first-order chi connectivity index (χ1) is 8.16. The molecule has 1 fully saturated rings. The van der Waals surface area contributed by atoms with Crippen LogP contribution in [0.25, 0.3) is 0 Å². The van der Waals surface area contributed by atoms with Gasteiger partial charge in [-0.15, -0.1) is 24.2 Å². The highest BCUT2D eigenvalue weighted by molar-refractivity contribution is 9.10. The molecule has 2 unspecified atom stereocenters. The van der Waals surface area contributed by atoms with Crippen molar-refractivity contribution in [2.45, 2.75) is 19.0 Å². The SMILES string of the molecule is CC(NC(=O)C1CSCN1)c1ccc(Br)cc1.Cl. The van der Waals surface area contributed by atoms with Crippen LogP contribution in [-0.2, 0) is 4.79 Å². The zero-order valence-corrected chi connectivity index (χ0v) is 13.2. The third-order valence-electron chi connectivity index (χ3n) is 2.76. The molecule has 1 heterocycles. The van der Waals surface area contributed by atoms with Crippen molar-refractivity contribution in [3.63, 3.8) is 0 Å². The molecule has 18 heavy (non-hydrogen) atoms. The number of carbonyl (C=O) groups excluding carboxylic acids is 1. The first kappa shape index (κ1) is 15.8. The average Bonchev–Trinajstić information content (AvgIpc) is 2.83. The van der Waals surface area contributed by atoms with Crippen molar-refractivity contribution in [3.05, 3.63) is 34.3 Å². The largest absolute Gasteiger partial charge is 0.348 e. The number of amides is 1. The molecule has 2 atom stereocenters. The maximum absolute atomic E-state index is 11.9. The third kappa shape index (κ3) is 4.16. The minimum atomic E-state index is -0.0436. The van der Waals surface area contributed by atoms with Crippen LogP contribution in [0, 0.1) is 0 Å². The van der Waals surface area contributed by atoms with Gasteiger partial charge in [-0.2, -0.15) is 0 Å². The second kappa shape index (κ2) is 7.38. The molecule has 2 rings (SSSR count). The van der Waals surface area contributed by atoms with Crippen molar-refractivity contribution in [2.75, 3.05) is 11.6 Å². The van der Waals surface area contributed by atoms with E-state index in [1.165, 1.54) is 0 Å². The van der Waals surface area contributed by atoms with Gasteiger partial charge in [0.15, 0.2) is 0 Å². The molecule has 2 N–H and O–H groups in total. The number of thioether (sulfide) groups is 1. The average molecular weight is 352 g/mol. The van der Waals surface area contributed by atoms with Gasteiger partial charge in [0.2, 0.25) is 5.91 Å². The Hall–Kier alpha value is -0.230. The molecule has 1 amide bonds. The number of hydrogen-bond donors (Lipinski definition) is 2. The lowest BCUT2D eigenvalue weighted by atomic mass is 10.1.